The molecule has 17 heteroatoms. The molecule has 0 saturated carbocycles. The van der Waals surface area contributed by atoms with Crippen molar-refractivity contribution in [1.29, 1.82) is 0 Å². The Balaban J connectivity index is 1.77. The fraction of sp³-hybridized carbons (Fsp3) is 0.370. The van der Waals surface area contributed by atoms with Gasteiger partial charge in [-0.25, -0.2) is 14.0 Å². The summed E-state index contributed by atoms with van der Waals surface area (Å²) in [5, 5.41) is 0. The number of anilines is 2. The maximum Gasteiger partial charge on any atom is 0.426 e. The molecule has 0 radical (unpaired) electrons. The second kappa shape index (κ2) is 12.5. The number of hydrogen-bond acceptors (Lipinski definition) is 6. The summed E-state index contributed by atoms with van der Waals surface area (Å²) in [7, 11) is 3.00. The number of benzene rings is 2. The van der Waals surface area contributed by atoms with Crippen LogP contribution in [0, 0.1) is 0 Å². The number of allylic oxidation sites excluding steroid dienone is 2. The van der Waals surface area contributed by atoms with E-state index < -0.39 is 42.3 Å². The molecule has 0 spiro atoms. The van der Waals surface area contributed by atoms with Gasteiger partial charge >= 0.3 is 18.5 Å². The largest absolute Gasteiger partial charge is 0.426 e. The van der Waals surface area contributed by atoms with Crippen LogP contribution in [0.2, 0.25) is 0 Å². The van der Waals surface area contributed by atoms with Gasteiger partial charge in [0.05, 0.1) is 35.7 Å². The Labute approximate surface area is 249 Å². The van der Waals surface area contributed by atoms with Crippen LogP contribution in [0.25, 0.3) is 17.1 Å². The first-order valence-corrected chi connectivity index (χ1v) is 13.5. The van der Waals surface area contributed by atoms with Gasteiger partial charge in [0.15, 0.2) is 29.9 Å². The van der Waals surface area contributed by atoms with Gasteiger partial charge in [0.25, 0.3) is 5.82 Å². The molecule has 0 bridgehead atoms. The minimum Gasteiger partial charge on any atom is -0.329 e. The third kappa shape index (κ3) is 7.27. The third-order valence-corrected chi connectivity index (χ3v) is 7.11. The van der Waals surface area contributed by atoms with E-state index in [1.807, 2.05) is 0 Å². The number of halogens is 9. The second-order valence-corrected chi connectivity index (χ2v) is 10.2. The quantitative estimate of drug-likeness (QED) is 0.0837. The lowest BCUT2D eigenvalue weighted by molar-refractivity contribution is -0.647. The van der Waals surface area contributed by atoms with Gasteiger partial charge in [-0.15, -0.1) is 4.33 Å². The van der Waals surface area contributed by atoms with Crippen LogP contribution in [-0.4, -0.2) is 35.0 Å². The van der Waals surface area contributed by atoms with Gasteiger partial charge < -0.3 is 14.4 Å². The van der Waals surface area contributed by atoms with Crippen LogP contribution in [-0.2, 0) is 35.2 Å². The van der Waals surface area contributed by atoms with Crippen molar-refractivity contribution >= 4 is 40.8 Å². The molecule has 0 aliphatic carbocycles. The van der Waals surface area contributed by atoms with Crippen LogP contribution in [0.5, 0.6) is 0 Å². The van der Waals surface area contributed by atoms with Crippen molar-refractivity contribution in [2.45, 2.75) is 44.5 Å². The van der Waals surface area contributed by atoms with Crippen LogP contribution in [0.3, 0.4) is 0 Å². The summed E-state index contributed by atoms with van der Waals surface area (Å²) in [6, 6.07) is 5.71. The number of imidazole rings is 1. The summed E-state index contributed by atoms with van der Waals surface area (Å²) in [6.07, 6.45) is -10.4. The van der Waals surface area contributed by atoms with Crippen molar-refractivity contribution in [2.24, 2.45) is 7.05 Å². The molecule has 1 N–H and O–H groups in total. The molecule has 1 aromatic heterocycles. The van der Waals surface area contributed by atoms with E-state index in [9.17, 15) is 39.5 Å². The highest BCUT2D eigenvalue weighted by Crippen LogP contribution is 2.44. The van der Waals surface area contributed by atoms with Gasteiger partial charge in [0.2, 0.25) is 0 Å². The molecule has 2 heterocycles. The minimum atomic E-state index is -4.77. The molecule has 44 heavy (non-hydrogen) atoms. The Hall–Kier alpha value is -3.41. The van der Waals surface area contributed by atoms with Crippen molar-refractivity contribution in [3.05, 3.63) is 71.3 Å². The Morgan fingerprint density at radius 1 is 0.955 bits per heavy atom. The highest BCUT2D eigenvalue weighted by atomic mass is 32.2. The van der Waals surface area contributed by atoms with Gasteiger partial charge in [-0.1, -0.05) is 6.08 Å². The maximum absolute atomic E-state index is 13.5. The number of nitrogens with zero attached hydrogens (tertiary/aromatic N) is 4. The van der Waals surface area contributed by atoms with Crippen LogP contribution in [0.4, 0.5) is 50.9 Å². The van der Waals surface area contributed by atoms with Gasteiger partial charge in [0, 0.05) is 25.7 Å². The Kier molecular flexibility index (Phi) is 9.54. The molecule has 1 atom stereocenters. The second-order valence-electron chi connectivity index (χ2n) is 9.95. The Morgan fingerprint density at radius 2 is 1.59 bits per heavy atom. The van der Waals surface area contributed by atoms with E-state index in [0.717, 1.165) is 28.8 Å². The molecule has 0 fully saturated rings. The van der Waals surface area contributed by atoms with Crippen LogP contribution < -0.4 is 14.4 Å². The Morgan fingerprint density at radius 3 is 2.20 bits per heavy atom. The molecule has 0 saturated heterocycles. The number of hydrogen-bond donors (Lipinski definition) is 1. The van der Waals surface area contributed by atoms with Crippen LogP contribution >= 0.6 is 12.3 Å². The topological polar surface area (TPSA) is 54.0 Å². The molecule has 1 aliphatic rings. The fourth-order valence-electron chi connectivity index (χ4n) is 4.90. The summed E-state index contributed by atoms with van der Waals surface area (Å²) in [6.45, 7) is 0.156. The van der Waals surface area contributed by atoms with Crippen molar-refractivity contribution in [3.8, 4) is 0 Å². The highest BCUT2D eigenvalue weighted by Gasteiger charge is 2.38. The lowest BCUT2D eigenvalue weighted by atomic mass is 10.1. The summed E-state index contributed by atoms with van der Waals surface area (Å²) in [5.74, 6) is 0.291. The lowest BCUT2D eigenvalue weighted by Crippen LogP contribution is -2.32. The molecular weight excluding hydrogens is 631 g/mol. The van der Waals surface area contributed by atoms with E-state index >= 15 is 0 Å². The van der Waals surface area contributed by atoms with Crippen LogP contribution in [0.15, 0.2) is 54.4 Å². The standard InChI is InChI=1S/C27H25F9N4O3S/c1-16(42-43-44-41)11-12-39-21-13-17(26(31,32)33)7-9-19(21)37(2)23(39)5-4-6-24-38(3)20-10-8-18(27(34,35)36)14-22(20)40(24)15-25(28,29)30/h4-10,13-14,16H,11-12,15H2,1-3H3/p+1. The highest BCUT2D eigenvalue weighted by molar-refractivity contribution is 7.88. The predicted molar refractivity (Wildman–Crippen MR) is 145 cm³/mol. The molecule has 7 nitrogen and oxygen atoms in total. The monoisotopic (exact) mass is 657 g/mol. The first-order chi connectivity index (χ1) is 20.4. The van der Waals surface area contributed by atoms with E-state index in [1.165, 1.54) is 35.9 Å². The normalized spacial score (nSPS) is 16.2. The summed E-state index contributed by atoms with van der Waals surface area (Å²) in [4.78, 5) is 8.08. The van der Waals surface area contributed by atoms with E-state index in [4.69, 9.17) is 9.44 Å². The zero-order chi connectivity index (χ0) is 32.6. The first kappa shape index (κ1) is 33.5. The summed E-state index contributed by atoms with van der Waals surface area (Å²) in [5.41, 5.74) is -1.52. The molecule has 1 aliphatic heterocycles. The lowest BCUT2D eigenvalue weighted by Gasteiger charge is -2.24. The number of aryl methyl sites for hydroxylation is 1. The van der Waals surface area contributed by atoms with Crippen molar-refractivity contribution in [1.82, 2.24) is 4.57 Å². The zero-order valence-corrected chi connectivity index (χ0v) is 24.1. The zero-order valence-electron chi connectivity index (χ0n) is 23.3. The number of aromatic nitrogens is 2. The molecule has 0 amide bonds. The minimum absolute atomic E-state index is 0.0196. The molecule has 3 aromatic rings. The average molecular weight is 658 g/mol. The molecule has 240 valence electrons. The summed E-state index contributed by atoms with van der Waals surface area (Å²) >= 11 is -0.0196. The van der Waals surface area contributed by atoms with E-state index in [1.54, 1.807) is 23.8 Å². The van der Waals surface area contributed by atoms with E-state index in [0.29, 0.717) is 17.6 Å². The smallest absolute Gasteiger partial charge is 0.329 e. The van der Waals surface area contributed by atoms with Gasteiger partial charge in [-0.3, -0.25) is 0 Å². The average Bonchev–Trinajstić information content (AvgIpc) is 3.33. The first-order valence-electron chi connectivity index (χ1n) is 12.8. The number of fused-ring (bicyclic) bond motifs is 2. The van der Waals surface area contributed by atoms with Gasteiger partial charge in [0.1, 0.15) is 5.82 Å². The van der Waals surface area contributed by atoms with E-state index in [-0.39, 0.29) is 47.8 Å². The number of rotatable bonds is 9. The Bertz CT molecular complexity index is 1570. The molecule has 4 rings (SSSR count). The van der Waals surface area contributed by atoms with Crippen LogP contribution in [0.1, 0.15) is 30.3 Å². The number of alkyl halides is 9. The third-order valence-electron chi connectivity index (χ3n) is 6.97. The molecule has 2 aromatic carbocycles. The summed E-state index contributed by atoms with van der Waals surface area (Å²) < 4.78 is 136. The SMILES string of the molecule is CC(CCN1/C(=C/C=C/c2n(CC(F)(F)F)c3cc(C(F)(F)F)ccc3[n+]2C)N(C)c2ccc(C(F)(F)F)cc21)OOSO. The van der Waals surface area contributed by atoms with Crippen molar-refractivity contribution < 1.29 is 57.9 Å². The maximum atomic E-state index is 13.5. The predicted octanol–water partition coefficient (Wildman–Crippen LogP) is 7.72. The van der Waals surface area contributed by atoms with E-state index in [2.05, 4.69) is 4.33 Å². The van der Waals surface area contributed by atoms with Crippen molar-refractivity contribution in [3.63, 3.8) is 0 Å². The molecular formula is C27H26F9N4O3S+. The van der Waals surface area contributed by atoms with Gasteiger partial charge in [-0.05, 0) is 49.8 Å². The fourth-order valence-corrected chi connectivity index (χ4v) is 5.07. The van der Waals surface area contributed by atoms with Crippen molar-refractivity contribution in [2.75, 3.05) is 23.4 Å². The van der Waals surface area contributed by atoms with Gasteiger partial charge in [-0.2, -0.15) is 39.5 Å². The molecule has 1 unspecified atom stereocenters.